The van der Waals surface area contributed by atoms with Gasteiger partial charge in [-0.05, 0) is 47.0 Å². The lowest BCUT2D eigenvalue weighted by Gasteiger charge is -2.29. The van der Waals surface area contributed by atoms with Gasteiger partial charge < -0.3 is 16.0 Å². The largest absolute Gasteiger partial charge is 0.416 e. The minimum absolute atomic E-state index is 0.0697. The predicted molar refractivity (Wildman–Crippen MR) is 110 cm³/mol. The highest BCUT2D eigenvalue weighted by Gasteiger charge is 2.32. The number of hydrogen-bond donors (Lipinski definition) is 2. The van der Waals surface area contributed by atoms with E-state index in [0.717, 1.165) is 54.5 Å². The molecule has 0 atom stereocenters. The van der Waals surface area contributed by atoms with E-state index in [-0.39, 0.29) is 12.1 Å². The van der Waals surface area contributed by atoms with Crippen molar-refractivity contribution >= 4 is 28.3 Å². The van der Waals surface area contributed by atoms with Gasteiger partial charge in [0.1, 0.15) is 5.82 Å². The highest BCUT2D eigenvalue weighted by molar-refractivity contribution is 6.33. The van der Waals surface area contributed by atoms with Crippen LogP contribution in [0.1, 0.15) is 11.1 Å². The van der Waals surface area contributed by atoms with Gasteiger partial charge in [0.15, 0.2) is 0 Å². The fourth-order valence-electron chi connectivity index (χ4n) is 3.64. The van der Waals surface area contributed by atoms with Crippen LogP contribution in [-0.2, 0) is 12.7 Å². The topological polar surface area (TPSA) is 54.2 Å². The number of rotatable bonds is 3. The minimum Gasteiger partial charge on any atom is -0.353 e. The average Bonchev–Trinajstić information content (AvgIpc) is 2.72. The van der Waals surface area contributed by atoms with Gasteiger partial charge in [0.2, 0.25) is 0 Å². The van der Waals surface area contributed by atoms with E-state index in [1.54, 1.807) is 0 Å². The zero-order chi connectivity index (χ0) is 20.6. The molecule has 0 aliphatic carbocycles. The fourth-order valence-corrected chi connectivity index (χ4v) is 3.92. The Kier molecular flexibility index (Phi) is 5.38. The molecule has 4 nitrogen and oxygen atoms in total. The number of halogens is 4. The Bertz CT molecular complexity index is 1050. The lowest BCUT2D eigenvalue weighted by atomic mass is 9.97. The zero-order valence-electron chi connectivity index (χ0n) is 15.6. The summed E-state index contributed by atoms with van der Waals surface area (Å²) in [6.45, 7) is 3.25. The highest BCUT2D eigenvalue weighted by Crippen LogP contribution is 2.35. The van der Waals surface area contributed by atoms with Gasteiger partial charge >= 0.3 is 6.18 Å². The van der Waals surface area contributed by atoms with E-state index in [1.165, 1.54) is 12.1 Å². The molecular formula is C21H20ClF3N4. The maximum Gasteiger partial charge on any atom is 0.416 e. The third-order valence-electron chi connectivity index (χ3n) is 5.13. The first-order chi connectivity index (χ1) is 13.9. The molecule has 0 amide bonds. The van der Waals surface area contributed by atoms with E-state index in [1.807, 2.05) is 24.3 Å². The van der Waals surface area contributed by atoms with Gasteiger partial charge in [-0.1, -0.05) is 23.7 Å². The Balaban J connectivity index is 1.72. The maximum absolute atomic E-state index is 13.1. The first-order valence-electron chi connectivity index (χ1n) is 9.33. The minimum atomic E-state index is -4.42. The fraction of sp³-hybridized carbons (Fsp3) is 0.286. The summed E-state index contributed by atoms with van der Waals surface area (Å²) in [5.74, 6) is 0.758. The van der Waals surface area contributed by atoms with Crippen molar-refractivity contribution in [1.82, 2.24) is 10.3 Å². The summed E-state index contributed by atoms with van der Waals surface area (Å²) in [5.41, 5.74) is 7.17. The van der Waals surface area contributed by atoms with Crippen molar-refractivity contribution in [2.45, 2.75) is 12.7 Å². The summed E-state index contributed by atoms with van der Waals surface area (Å²) in [7, 11) is 0. The van der Waals surface area contributed by atoms with Crippen molar-refractivity contribution < 1.29 is 13.2 Å². The predicted octanol–water partition coefficient (Wildman–Crippen LogP) is 4.44. The number of aromatic nitrogens is 1. The van der Waals surface area contributed by atoms with Gasteiger partial charge in [-0.2, -0.15) is 13.2 Å². The van der Waals surface area contributed by atoms with E-state index in [2.05, 4.69) is 10.2 Å². The van der Waals surface area contributed by atoms with Crippen LogP contribution in [0, 0.1) is 0 Å². The molecule has 1 saturated heterocycles. The summed E-state index contributed by atoms with van der Waals surface area (Å²) >= 11 is 6.49. The van der Waals surface area contributed by atoms with Crippen LogP contribution < -0.4 is 16.0 Å². The first-order valence-corrected chi connectivity index (χ1v) is 9.71. The van der Waals surface area contributed by atoms with Gasteiger partial charge in [0.05, 0.1) is 16.1 Å². The SMILES string of the molecule is NCc1cc(-c2ccc3nc(N4CCNCC4)c(Cl)cc3c2)ccc1C(F)(F)F. The monoisotopic (exact) mass is 420 g/mol. The van der Waals surface area contributed by atoms with Crippen LogP contribution in [0.15, 0.2) is 42.5 Å². The van der Waals surface area contributed by atoms with Crippen molar-refractivity contribution in [3.05, 3.63) is 58.6 Å². The van der Waals surface area contributed by atoms with Crippen LogP contribution in [0.4, 0.5) is 19.0 Å². The van der Waals surface area contributed by atoms with E-state index >= 15 is 0 Å². The number of fused-ring (bicyclic) bond motifs is 1. The van der Waals surface area contributed by atoms with Gasteiger partial charge in [0.25, 0.3) is 0 Å². The summed E-state index contributed by atoms with van der Waals surface area (Å²) in [6, 6.07) is 11.5. The Morgan fingerprint density at radius 1 is 1.03 bits per heavy atom. The van der Waals surface area contributed by atoms with E-state index in [0.29, 0.717) is 10.6 Å². The van der Waals surface area contributed by atoms with Crippen molar-refractivity contribution in [2.75, 3.05) is 31.1 Å². The van der Waals surface area contributed by atoms with Crippen LogP contribution in [0.25, 0.3) is 22.0 Å². The molecule has 1 aliphatic rings. The summed E-state index contributed by atoms with van der Waals surface area (Å²) in [5, 5.41) is 4.69. The summed E-state index contributed by atoms with van der Waals surface area (Å²) < 4.78 is 39.4. The Labute approximate surface area is 171 Å². The quantitative estimate of drug-likeness (QED) is 0.657. The number of pyridine rings is 1. The van der Waals surface area contributed by atoms with E-state index in [9.17, 15) is 13.2 Å². The zero-order valence-corrected chi connectivity index (χ0v) is 16.3. The molecule has 0 unspecified atom stereocenters. The second-order valence-corrected chi connectivity index (χ2v) is 7.42. The summed E-state index contributed by atoms with van der Waals surface area (Å²) in [6.07, 6.45) is -4.42. The second kappa shape index (κ2) is 7.82. The van der Waals surface area contributed by atoms with Crippen molar-refractivity contribution in [2.24, 2.45) is 5.73 Å². The molecule has 0 saturated carbocycles. The number of anilines is 1. The number of nitrogens with two attached hydrogens (primary N) is 1. The molecule has 0 radical (unpaired) electrons. The van der Waals surface area contributed by atoms with Gasteiger partial charge in [0, 0.05) is 38.1 Å². The normalized spacial score (nSPS) is 15.1. The second-order valence-electron chi connectivity index (χ2n) is 7.01. The molecule has 3 N–H and O–H groups in total. The average molecular weight is 421 g/mol. The lowest BCUT2D eigenvalue weighted by Crippen LogP contribution is -2.44. The maximum atomic E-state index is 13.1. The van der Waals surface area contributed by atoms with Crippen molar-refractivity contribution in [1.29, 1.82) is 0 Å². The van der Waals surface area contributed by atoms with E-state index in [4.69, 9.17) is 22.3 Å². The molecule has 0 spiro atoms. The van der Waals surface area contributed by atoms with Crippen molar-refractivity contribution in [3.8, 4) is 11.1 Å². The van der Waals surface area contributed by atoms with Gasteiger partial charge in [-0.15, -0.1) is 0 Å². The molecule has 152 valence electrons. The molecule has 29 heavy (non-hydrogen) atoms. The molecule has 0 bridgehead atoms. The molecule has 8 heteroatoms. The molecule has 1 aliphatic heterocycles. The van der Waals surface area contributed by atoms with Crippen LogP contribution in [0.5, 0.6) is 0 Å². The number of benzene rings is 2. The first kappa shape index (κ1) is 19.9. The molecule has 3 aromatic rings. The molecule has 4 rings (SSSR count). The molecule has 1 fully saturated rings. The Morgan fingerprint density at radius 2 is 1.72 bits per heavy atom. The number of nitrogens with one attached hydrogen (secondary N) is 1. The standard InChI is InChI=1S/C21H20ClF3N4/c22-18-11-15-9-14(13-1-3-17(21(23,24)25)16(10-13)12-26)2-4-19(15)28-20(18)29-7-5-27-6-8-29/h1-4,9-11,27H,5-8,12,26H2. The lowest BCUT2D eigenvalue weighted by molar-refractivity contribution is -0.138. The van der Waals surface area contributed by atoms with Crippen LogP contribution in [-0.4, -0.2) is 31.2 Å². The summed E-state index contributed by atoms with van der Waals surface area (Å²) in [4.78, 5) is 6.86. The number of alkyl halides is 3. The van der Waals surface area contributed by atoms with Crippen LogP contribution in [0.2, 0.25) is 5.02 Å². The van der Waals surface area contributed by atoms with Gasteiger partial charge in [-0.3, -0.25) is 0 Å². The molecule has 2 aromatic carbocycles. The highest BCUT2D eigenvalue weighted by atomic mass is 35.5. The van der Waals surface area contributed by atoms with Crippen LogP contribution in [0.3, 0.4) is 0 Å². The van der Waals surface area contributed by atoms with E-state index < -0.39 is 11.7 Å². The molecular weight excluding hydrogens is 401 g/mol. The van der Waals surface area contributed by atoms with Crippen molar-refractivity contribution in [3.63, 3.8) is 0 Å². The molecule has 1 aromatic heterocycles. The number of nitrogens with zero attached hydrogens (tertiary/aromatic N) is 2. The Hall–Kier alpha value is -2.35. The smallest absolute Gasteiger partial charge is 0.353 e. The van der Waals surface area contributed by atoms with Crippen LogP contribution >= 0.6 is 11.6 Å². The van der Waals surface area contributed by atoms with Gasteiger partial charge in [-0.25, -0.2) is 4.98 Å². The molecule has 2 heterocycles. The number of piperazine rings is 1. The number of hydrogen-bond acceptors (Lipinski definition) is 4. The third-order valence-corrected chi connectivity index (χ3v) is 5.41. The Morgan fingerprint density at radius 3 is 2.41 bits per heavy atom. The third kappa shape index (κ3) is 4.03.